The van der Waals surface area contributed by atoms with Gasteiger partial charge in [-0.1, -0.05) is 66.7 Å². The van der Waals surface area contributed by atoms with Crippen LogP contribution >= 0.6 is 23.4 Å². The van der Waals surface area contributed by atoms with Crippen LogP contribution in [-0.2, 0) is 4.79 Å². The monoisotopic (exact) mass is 477 g/mol. The minimum absolute atomic E-state index is 0.0820. The van der Waals surface area contributed by atoms with E-state index < -0.39 is 0 Å². The average Bonchev–Trinajstić information content (AvgIpc) is 3.11. The van der Waals surface area contributed by atoms with Gasteiger partial charge in [-0.3, -0.25) is 19.3 Å². The molecule has 3 aromatic rings. The molecule has 1 fully saturated rings. The second-order valence-electron chi connectivity index (χ2n) is 7.25. The van der Waals surface area contributed by atoms with Crippen molar-refractivity contribution in [2.24, 2.45) is 0 Å². The summed E-state index contributed by atoms with van der Waals surface area (Å²) in [5.41, 5.74) is 3.47. The van der Waals surface area contributed by atoms with Crippen molar-refractivity contribution >= 4 is 46.4 Å². The molecular formula is C26H20ClNO4S. The minimum atomic E-state index is -0.338. The van der Waals surface area contributed by atoms with Crippen molar-refractivity contribution in [3.8, 4) is 16.9 Å². The van der Waals surface area contributed by atoms with Crippen molar-refractivity contribution in [3.63, 3.8) is 0 Å². The number of benzene rings is 3. The highest BCUT2D eigenvalue weighted by Crippen LogP contribution is 2.32. The molecule has 1 aliphatic rings. The van der Waals surface area contributed by atoms with E-state index in [9.17, 15) is 14.4 Å². The Balaban J connectivity index is 1.34. The van der Waals surface area contributed by atoms with Crippen LogP contribution in [0.15, 0.2) is 83.8 Å². The topological polar surface area (TPSA) is 63.7 Å². The molecule has 0 saturated carbocycles. The first-order valence-corrected chi connectivity index (χ1v) is 11.6. The third-order valence-electron chi connectivity index (χ3n) is 5.04. The Hall–Kier alpha value is -3.35. The molecule has 33 heavy (non-hydrogen) atoms. The van der Waals surface area contributed by atoms with Gasteiger partial charge in [-0.05, 0) is 46.7 Å². The normalized spacial score (nSPS) is 14.7. The molecule has 1 heterocycles. The summed E-state index contributed by atoms with van der Waals surface area (Å²) in [6.07, 6.45) is 1.66. The number of hydrogen-bond donors (Lipinski definition) is 0. The molecule has 0 aromatic heterocycles. The van der Waals surface area contributed by atoms with Crippen molar-refractivity contribution in [1.29, 1.82) is 0 Å². The maximum atomic E-state index is 12.5. The summed E-state index contributed by atoms with van der Waals surface area (Å²) in [6.45, 7) is 0.112. The van der Waals surface area contributed by atoms with Gasteiger partial charge in [0.25, 0.3) is 11.1 Å². The van der Waals surface area contributed by atoms with Crippen LogP contribution in [0.2, 0.25) is 0 Å². The summed E-state index contributed by atoms with van der Waals surface area (Å²) in [6, 6.07) is 24.4. The smallest absolute Gasteiger partial charge is 0.293 e. The zero-order valence-corrected chi connectivity index (χ0v) is 19.1. The average molecular weight is 478 g/mol. The molecule has 1 aliphatic heterocycles. The summed E-state index contributed by atoms with van der Waals surface area (Å²) in [5, 5.41) is -0.317. The molecular weight excluding hydrogens is 458 g/mol. The number of ketones is 1. The second kappa shape index (κ2) is 10.5. The number of ether oxygens (including phenoxy) is 1. The fourth-order valence-electron chi connectivity index (χ4n) is 3.30. The van der Waals surface area contributed by atoms with Crippen molar-refractivity contribution in [3.05, 3.63) is 94.9 Å². The molecule has 0 spiro atoms. The number of hydrogen-bond acceptors (Lipinski definition) is 5. The van der Waals surface area contributed by atoms with E-state index in [4.69, 9.17) is 16.3 Å². The number of rotatable bonds is 8. The van der Waals surface area contributed by atoms with Gasteiger partial charge >= 0.3 is 0 Å². The van der Waals surface area contributed by atoms with Gasteiger partial charge < -0.3 is 4.74 Å². The lowest BCUT2D eigenvalue weighted by Crippen LogP contribution is -2.29. The fourth-order valence-corrected chi connectivity index (χ4v) is 4.33. The quantitative estimate of drug-likeness (QED) is 0.230. The number of alkyl halides is 1. The molecule has 5 nitrogen and oxygen atoms in total. The second-order valence-corrected chi connectivity index (χ2v) is 8.62. The molecule has 2 amide bonds. The number of amides is 2. The van der Waals surface area contributed by atoms with Crippen molar-refractivity contribution in [2.45, 2.75) is 0 Å². The van der Waals surface area contributed by atoms with Gasteiger partial charge in [0, 0.05) is 18.0 Å². The first-order valence-electron chi connectivity index (χ1n) is 10.3. The summed E-state index contributed by atoms with van der Waals surface area (Å²) >= 11 is 6.54. The molecule has 7 heteroatoms. The summed E-state index contributed by atoms with van der Waals surface area (Å²) < 4.78 is 5.63. The highest BCUT2D eigenvalue weighted by Gasteiger charge is 2.34. The molecule has 3 aromatic carbocycles. The van der Waals surface area contributed by atoms with Crippen LogP contribution in [0.5, 0.6) is 5.75 Å². The van der Waals surface area contributed by atoms with Gasteiger partial charge in [-0.15, -0.1) is 11.6 Å². The number of carbonyl (C=O) groups excluding carboxylic acids is 3. The Morgan fingerprint density at radius 2 is 1.58 bits per heavy atom. The minimum Gasteiger partial charge on any atom is -0.485 e. The Morgan fingerprint density at radius 1 is 0.909 bits per heavy atom. The van der Waals surface area contributed by atoms with Crippen LogP contribution in [0.4, 0.5) is 4.79 Å². The van der Waals surface area contributed by atoms with E-state index in [-0.39, 0.29) is 36.0 Å². The van der Waals surface area contributed by atoms with E-state index in [1.807, 2.05) is 42.5 Å². The molecule has 4 rings (SSSR count). The first kappa shape index (κ1) is 22.8. The lowest BCUT2D eigenvalue weighted by atomic mass is 10.0. The van der Waals surface area contributed by atoms with Crippen LogP contribution in [0.1, 0.15) is 15.9 Å². The Bertz CT molecular complexity index is 1190. The number of thioether (sulfide) groups is 1. The number of halogens is 1. The maximum absolute atomic E-state index is 12.5. The van der Waals surface area contributed by atoms with E-state index in [0.717, 1.165) is 33.4 Å². The van der Waals surface area contributed by atoms with Crippen LogP contribution in [0.25, 0.3) is 17.2 Å². The van der Waals surface area contributed by atoms with Crippen LogP contribution < -0.4 is 4.74 Å². The van der Waals surface area contributed by atoms with Crippen molar-refractivity contribution in [1.82, 2.24) is 4.90 Å². The van der Waals surface area contributed by atoms with Gasteiger partial charge in [0.2, 0.25) is 0 Å². The van der Waals surface area contributed by atoms with Gasteiger partial charge in [0.1, 0.15) is 5.75 Å². The number of nitrogens with zero attached hydrogens (tertiary/aromatic N) is 1. The standard InChI is InChI=1S/C26H20ClNO4S/c27-14-15-28-25(30)24(33-26(28)31)16-18-6-12-22(13-7-18)32-17-23(29)21-10-8-20(9-11-21)19-4-2-1-3-5-19/h1-13,16H,14-15,17H2/b24-16-. The largest absolute Gasteiger partial charge is 0.485 e. The number of Topliss-reactive ketones (excluding diaryl/α,β-unsaturated/α-hetero) is 1. The zero-order valence-electron chi connectivity index (χ0n) is 17.6. The summed E-state index contributed by atoms with van der Waals surface area (Å²) in [7, 11) is 0. The molecule has 0 atom stereocenters. The lowest BCUT2D eigenvalue weighted by Gasteiger charge is -2.09. The molecule has 1 saturated heterocycles. The summed E-state index contributed by atoms with van der Waals surface area (Å²) in [5.74, 6) is 0.283. The van der Waals surface area contributed by atoms with Crippen molar-refractivity contribution < 1.29 is 19.1 Å². The third-order valence-corrected chi connectivity index (χ3v) is 6.12. The van der Waals surface area contributed by atoms with Gasteiger partial charge in [0.15, 0.2) is 12.4 Å². The number of imide groups is 1. The predicted octanol–water partition coefficient (Wildman–Crippen LogP) is 5.89. The van der Waals surface area contributed by atoms with Crippen LogP contribution in [0, 0.1) is 0 Å². The maximum Gasteiger partial charge on any atom is 0.293 e. The van der Waals surface area contributed by atoms with Crippen LogP contribution in [0.3, 0.4) is 0 Å². The molecule has 0 unspecified atom stereocenters. The third kappa shape index (κ3) is 5.53. The molecule has 0 aliphatic carbocycles. The highest BCUT2D eigenvalue weighted by atomic mass is 35.5. The Kier molecular flexibility index (Phi) is 7.27. The first-order chi connectivity index (χ1) is 16.0. The fraction of sp³-hybridized carbons (Fsp3) is 0.115. The molecule has 0 radical (unpaired) electrons. The van der Waals surface area contributed by atoms with E-state index >= 15 is 0 Å². The Morgan fingerprint density at radius 3 is 2.24 bits per heavy atom. The van der Waals surface area contributed by atoms with E-state index in [1.165, 1.54) is 0 Å². The van der Waals surface area contributed by atoms with Gasteiger partial charge in [0.05, 0.1) is 4.91 Å². The van der Waals surface area contributed by atoms with Crippen LogP contribution in [-0.4, -0.2) is 40.9 Å². The van der Waals surface area contributed by atoms with E-state index in [2.05, 4.69) is 0 Å². The SMILES string of the molecule is O=C(COc1ccc(/C=C2\SC(=O)N(CCCl)C2=O)cc1)c1ccc(-c2ccccc2)cc1. The van der Waals surface area contributed by atoms with E-state index in [1.54, 1.807) is 42.5 Å². The summed E-state index contributed by atoms with van der Waals surface area (Å²) in [4.78, 5) is 38.2. The molecule has 0 N–H and O–H groups in total. The lowest BCUT2D eigenvalue weighted by molar-refractivity contribution is -0.122. The highest BCUT2D eigenvalue weighted by molar-refractivity contribution is 8.18. The zero-order chi connectivity index (χ0) is 23.2. The van der Waals surface area contributed by atoms with E-state index in [0.29, 0.717) is 16.2 Å². The van der Waals surface area contributed by atoms with Gasteiger partial charge in [-0.25, -0.2) is 0 Å². The Labute approximate surface area is 201 Å². The molecule has 0 bridgehead atoms. The predicted molar refractivity (Wildman–Crippen MR) is 132 cm³/mol. The van der Waals surface area contributed by atoms with Gasteiger partial charge in [-0.2, -0.15) is 0 Å². The number of carbonyl (C=O) groups is 3. The van der Waals surface area contributed by atoms with Crippen molar-refractivity contribution in [2.75, 3.05) is 19.0 Å². The molecule has 166 valence electrons.